The molecule has 9 heavy (non-hydrogen) atoms. The predicted molar refractivity (Wildman–Crippen MR) is 40.7 cm³/mol. The summed E-state index contributed by atoms with van der Waals surface area (Å²) in [6.45, 7) is 1.69. The van der Waals surface area contributed by atoms with Gasteiger partial charge in [-0.1, -0.05) is 15.9 Å². The highest BCUT2D eigenvalue weighted by Crippen LogP contribution is 2.03. The first-order valence-corrected chi connectivity index (χ1v) is 4.35. The van der Waals surface area contributed by atoms with Gasteiger partial charge in [0.05, 0.1) is 0 Å². The minimum absolute atomic E-state index is 0.00694. The van der Waals surface area contributed by atoms with Gasteiger partial charge in [0, 0.05) is 18.4 Å². The fourth-order valence-electron chi connectivity index (χ4n) is 0.771. The molecule has 0 radical (unpaired) electrons. The minimum Gasteiger partial charge on any atom is -0.411 e. The molecule has 0 aromatic heterocycles. The lowest BCUT2D eigenvalue weighted by Gasteiger charge is -2.05. The van der Waals surface area contributed by atoms with Crippen molar-refractivity contribution in [3.05, 3.63) is 0 Å². The Hall–Kier alpha value is 0.465. The van der Waals surface area contributed by atoms with Crippen molar-refractivity contribution in [2.24, 2.45) is 0 Å². The van der Waals surface area contributed by atoms with E-state index in [0.29, 0.717) is 0 Å². The van der Waals surface area contributed by atoms with Gasteiger partial charge < -0.3 is 9.31 Å². The van der Waals surface area contributed by atoms with E-state index in [9.17, 15) is 0 Å². The van der Waals surface area contributed by atoms with Crippen LogP contribution in [0.25, 0.3) is 0 Å². The molecule has 1 saturated heterocycles. The van der Waals surface area contributed by atoms with E-state index < -0.39 is 0 Å². The van der Waals surface area contributed by atoms with Crippen LogP contribution in [0.1, 0.15) is 12.8 Å². The summed E-state index contributed by atoms with van der Waals surface area (Å²) in [5.41, 5.74) is 0. The summed E-state index contributed by atoms with van der Waals surface area (Å²) in [6, 6.07) is 0. The molecule has 0 amide bonds. The molecule has 0 aromatic carbocycles. The van der Waals surface area contributed by atoms with Crippen LogP contribution in [0.4, 0.5) is 0 Å². The topological polar surface area (TPSA) is 18.5 Å². The first-order chi connectivity index (χ1) is 4.43. The second-order valence-corrected chi connectivity index (χ2v) is 2.68. The van der Waals surface area contributed by atoms with Crippen LogP contribution in [-0.4, -0.2) is 25.6 Å². The molecule has 1 heterocycles. The zero-order valence-corrected chi connectivity index (χ0v) is 6.89. The molecule has 4 heteroatoms. The first-order valence-electron chi connectivity index (χ1n) is 3.22. The summed E-state index contributed by atoms with van der Waals surface area (Å²) in [5, 5.41) is 0.785. The van der Waals surface area contributed by atoms with Crippen molar-refractivity contribution in [3.63, 3.8) is 0 Å². The Morgan fingerprint density at radius 3 is 2.22 bits per heavy atom. The van der Waals surface area contributed by atoms with Crippen molar-refractivity contribution < 1.29 is 9.31 Å². The third-order valence-corrected chi connectivity index (χ3v) is 1.80. The second kappa shape index (κ2) is 4.31. The molecule has 1 aliphatic heterocycles. The smallest absolute Gasteiger partial charge is 0.411 e. The number of halogens is 1. The number of alkyl halides is 1. The molecule has 1 aliphatic rings. The van der Waals surface area contributed by atoms with E-state index in [-0.39, 0.29) is 7.12 Å². The van der Waals surface area contributed by atoms with Crippen LogP contribution in [0.2, 0.25) is 0 Å². The van der Waals surface area contributed by atoms with Gasteiger partial charge in [0.15, 0.2) is 0 Å². The van der Waals surface area contributed by atoms with E-state index in [0.717, 1.165) is 31.3 Å². The highest BCUT2D eigenvalue weighted by molar-refractivity contribution is 9.09. The van der Waals surface area contributed by atoms with Crippen LogP contribution in [0.15, 0.2) is 0 Å². The van der Waals surface area contributed by atoms with Gasteiger partial charge in [-0.3, -0.25) is 0 Å². The van der Waals surface area contributed by atoms with Crippen LogP contribution >= 0.6 is 15.9 Å². The highest BCUT2D eigenvalue weighted by atomic mass is 79.9. The number of hydrogen-bond acceptors (Lipinski definition) is 2. The molecule has 0 unspecified atom stereocenters. The largest absolute Gasteiger partial charge is 0.468 e. The molecule has 0 N–H and O–H groups in total. The minimum atomic E-state index is -0.00694. The maximum absolute atomic E-state index is 5.28. The average Bonchev–Trinajstić information content (AvgIpc) is 2.13. The molecule has 0 aromatic rings. The Labute approximate surface area is 64.2 Å². The van der Waals surface area contributed by atoms with Crippen LogP contribution in [-0.2, 0) is 9.31 Å². The fourth-order valence-corrected chi connectivity index (χ4v) is 1.14. The van der Waals surface area contributed by atoms with Crippen LogP contribution in [0.3, 0.4) is 0 Å². The van der Waals surface area contributed by atoms with Gasteiger partial charge in [-0.25, -0.2) is 0 Å². The van der Waals surface area contributed by atoms with Crippen molar-refractivity contribution in [1.29, 1.82) is 0 Å². The Morgan fingerprint density at radius 1 is 1.22 bits per heavy atom. The van der Waals surface area contributed by atoms with Crippen molar-refractivity contribution in [2.75, 3.05) is 18.4 Å². The summed E-state index contributed by atoms with van der Waals surface area (Å²) >= 11 is 3.30. The van der Waals surface area contributed by atoms with E-state index in [2.05, 4.69) is 15.9 Å². The van der Waals surface area contributed by atoms with Gasteiger partial charge in [0.1, 0.15) is 0 Å². The number of rotatable bonds is 1. The molecule has 0 spiro atoms. The third-order valence-electron chi connectivity index (χ3n) is 1.27. The summed E-state index contributed by atoms with van der Waals surface area (Å²) < 4.78 is 10.6. The molecule has 2 nitrogen and oxygen atoms in total. The maximum atomic E-state index is 5.28. The predicted octanol–water partition coefficient (Wildman–Crippen LogP) is 1.24. The quantitative estimate of drug-likeness (QED) is 0.460. The highest BCUT2D eigenvalue weighted by Gasteiger charge is 2.17. The Bertz CT molecular complexity index is 73.4. The summed E-state index contributed by atoms with van der Waals surface area (Å²) in [7, 11) is -0.00694. The van der Waals surface area contributed by atoms with Crippen LogP contribution in [0.5, 0.6) is 0 Å². The van der Waals surface area contributed by atoms with Gasteiger partial charge in [0.2, 0.25) is 0 Å². The average molecular weight is 193 g/mol. The molecular formula is C5H10BBrO2. The molecule has 0 saturated carbocycles. The van der Waals surface area contributed by atoms with Gasteiger partial charge in [-0.2, -0.15) is 0 Å². The first kappa shape index (κ1) is 7.57. The Balaban J connectivity index is 2.18. The molecule has 0 atom stereocenters. The zero-order chi connectivity index (χ0) is 6.53. The van der Waals surface area contributed by atoms with Gasteiger partial charge in [-0.15, -0.1) is 0 Å². The van der Waals surface area contributed by atoms with Gasteiger partial charge in [-0.05, 0) is 12.8 Å². The van der Waals surface area contributed by atoms with E-state index in [1.165, 1.54) is 0 Å². The second-order valence-electron chi connectivity index (χ2n) is 2.03. The summed E-state index contributed by atoms with van der Waals surface area (Å²) in [6.07, 6.45) is 2.26. The van der Waals surface area contributed by atoms with Crippen LogP contribution in [0, 0.1) is 0 Å². The third kappa shape index (κ3) is 2.69. The van der Waals surface area contributed by atoms with Gasteiger partial charge in [0.25, 0.3) is 0 Å². The molecule has 1 fully saturated rings. The molecular weight excluding hydrogens is 183 g/mol. The van der Waals surface area contributed by atoms with Crippen LogP contribution < -0.4 is 0 Å². The maximum Gasteiger partial charge on any atom is 0.468 e. The molecule has 52 valence electrons. The molecule has 0 bridgehead atoms. The zero-order valence-electron chi connectivity index (χ0n) is 5.31. The fraction of sp³-hybridized carbons (Fsp3) is 1.00. The molecule has 0 aliphatic carbocycles. The monoisotopic (exact) mass is 192 g/mol. The normalized spacial score (nSPS) is 21.7. The Morgan fingerprint density at radius 2 is 1.78 bits per heavy atom. The standard InChI is InChI=1S/C5H10BBrO2/c7-5-6-8-3-1-2-4-9-6/h1-5H2. The van der Waals surface area contributed by atoms with E-state index in [1.54, 1.807) is 0 Å². The van der Waals surface area contributed by atoms with E-state index in [4.69, 9.17) is 9.31 Å². The lowest BCUT2D eigenvalue weighted by Crippen LogP contribution is -2.23. The van der Waals surface area contributed by atoms with Crippen molar-refractivity contribution >= 4 is 23.0 Å². The van der Waals surface area contributed by atoms with Crippen molar-refractivity contribution in [1.82, 2.24) is 0 Å². The van der Waals surface area contributed by atoms with E-state index in [1.807, 2.05) is 0 Å². The lowest BCUT2D eigenvalue weighted by molar-refractivity contribution is 0.240. The van der Waals surface area contributed by atoms with Gasteiger partial charge >= 0.3 is 7.12 Å². The SMILES string of the molecule is BrCB1OCCCCO1. The van der Waals surface area contributed by atoms with Crippen molar-refractivity contribution in [3.8, 4) is 0 Å². The van der Waals surface area contributed by atoms with E-state index >= 15 is 0 Å². The lowest BCUT2D eigenvalue weighted by atomic mass is 9.96. The van der Waals surface area contributed by atoms with Crippen molar-refractivity contribution in [2.45, 2.75) is 12.8 Å². The Kier molecular flexibility index (Phi) is 3.62. The summed E-state index contributed by atoms with van der Waals surface area (Å²) in [4.78, 5) is 0. The number of hydrogen-bond donors (Lipinski definition) is 0. The molecule has 1 rings (SSSR count). The summed E-state index contributed by atoms with van der Waals surface area (Å²) in [5.74, 6) is 0.